The van der Waals surface area contributed by atoms with Crippen molar-refractivity contribution in [2.24, 2.45) is 4.99 Å². The summed E-state index contributed by atoms with van der Waals surface area (Å²) in [6, 6.07) is 1.12. The van der Waals surface area contributed by atoms with Gasteiger partial charge in [0.15, 0.2) is 0 Å². The zero-order chi connectivity index (χ0) is 12.9. The monoisotopic (exact) mass is 509 g/mol. The average Bonchev–Trinajstić information content (AvgIpc) is 3.20. The second kappa shape index (κ2) is 7.12. The standard InChI is InChI=1S/C12H13N2.C5H5.No/c1-2-9-14(8-1)12-6-7-13-11-5-3-4-10(11)12;1-2-4-5-3-1;/h3-7H,1-2,8-9H2;1-5H;. The van der Waals surface area contributed by atoms with Crippen molar-refractivity contribution in [2.45, 2.75) is 12.8 Å². The Labute approximate surface area is 118 Å². The molecule has 0 spiro atoms. The second-order valence-electron chi connectivity index (χ2n) is 4.81. The summed E-state index contributed by atoms with van der Waals surface area (Å²) >= 11 is 0. The van der Waals surface area contributed by atoms with Crippen LogP contribution < -0.4 is 0 Å². The molecule has 2 saturated carbocycles. The summed E-state index contributed by atoms with van der Waals surface area (Å²) in [4.78, 5) is 6.81. The van der Waals surface area contributed by atoms with Gasteiger partial charge in [0.2, 0.25) is 0 Å². The minimum atomic E-state index is 0. The molecule has 2 aliphatic carbocycles. The van der Waals surface area contributed by atoms with E-state index in [1.165, 1.54) is 37.5 Å². The summed E-state index contributed by atoms with van der Waals surface area (Å²) in [5, 5.41) is 0. The van der Waals surface area contributed by atoms with Crippen LogP contribution in [0.2, 0.25) is 0 Å². The molecule has 3 fully saturated rings. The Kier molecular flexibility index (Phi) is 5.20. The number of aliphatic imine (C=N–C) groups is 1. The Morgan fingerprint density at radius 3 is 2.15 bits per heavy atom. The molecule has 0 amide bonds. The summed E-state index contributed by atoms with van der Waals surface area (Å²) in [6.45, 7) is 2.40. The maximum atomic E-state index is 4.35. The number of allylic oxidation sites excluding steroid dienone is 1. The number of rotatable bonds is 1. The largest absolute Gasteiger partial charge is 0.374 e. The first-order valence-electron chi connectivity index (χ1n) is 6.87. The van der Waals surface area contributed by atoms with Gasteiger partial charge in [-0.25, -0.2) is 0 Å². The van der Waals surface area contributed by atoms with Crippen molar-refractivity contribution in [1.82, 2.24) is 4.90 Å². The molecule has 20 heavy (non-hydrogen) atoms. The molecule has 0 aromatic rings. The van der Waals surface area contributed by atoms with E-state index in [0.29, 0.717) is 0 Å². The Bertz CT molecular complexity index is 333. The van der Waals surface area contributed by atoms with Gasteiger partial charge in [-0.3, -0.25) is 4.99 Å². The molecule has 2 heterocycles. The van der Waals surface area contributed by atoms with Crippen LogP contribution in [-0.4, -0.2) is 24.2 Å². The fourth-order valence-electron chi connectivity index (χ4n) is 2.57. The van der Waals surface area contributed by atoms with Crippen LogP contribution in [0.25, 0.3) is 0 Å². The fourth-order valence-corrected chi connectivity index (χ4v) is 2.57. The van der Waals surface area contributed by atoms with Gasteiger partial charge in [0.05, 0.1) is 5.92 Å². The molecule has 10 radical (unpaired) electrons. The topological polar surface area (TPSA) is 15.6 Å². The predicted octanol–water partition coefficient (Wildman–Crippen LogP) is 2.80. The van der Waals surface area contributed by atoms with Crippen LogP contribution in [-0.2, 0) is 0 Å². The van der Waals surface area contributed by atoms with Crippen LogP contribution in [0.15, 0.2) is 16.8 Å². The third-order valence-corrected chi connectivity index (χ3v) is 3.52. The molecule has 0 bridgehead atoms. The number of hydrogen-bond donors (Lipinski definition) is 0. The summed E-state index contributed by atoms with van der Waals surface area (Å²) < 4.78 is 0. The van der Waals surface area contributed by atoms with E-state index in [-0.39, 0.29) is 0 Å². The zero-order valence-corrected chi connectivity index (χ0v) is 13.5. The molecule has 2 nitrogen and oxygen atoms in total. The third kappa shape index (κ3) is 3.20. The van der Waals surface area contributed by atoms with Crippen LogP contribution in [0.4, 0.5) is 0 Å². The molecule has 1 saturated heterocycles. The molecule has 0 atom stereocenters. The quantitative estimate of drug-likeness (QED) is 0.531. The van der Waals surface area contributed by atoms with Crippen molar-refractivity contribution in [2.75, 3.05) is 13.1 Å². The molecule has 0 unspecified atom stereocenters. The van der Waals surface area contributed by atoms with Crippen LogP contribution in [0.1, 0.15) is 12.8 Å². The van der Waals surface area contributed by atoms with Crippen LogP contribution in [0.3, 0.4) is 0 Å². The SMILES string of the molecule is [CH]1[CH][CH][CH][CH]1.[CH]1[CH][C]2N=CC=C(N3CCCC3)[C]2[CH]1.[No]. The number of hydrogen-bond acceptors (Lipinski definition) is 2. The summed E-state index contributed by atoms with van der Waals surface area (Å²) in [5.74, 6) is 1.30. The van der Waals surface area contributed by atoms with Gasteiger partial charge in [-0.1, -0.05) is 0 Å². The van der Waals surface area contributed by atoms with Crippen molar-refractivity contribution < 1.29 is 0 Å². The van der Waals surface area contributed by atoms with Crippen LogP contribution >= 0.6 is 0 Å². The Morgan fingerprint density at radius 1 is 0.850 bits per heavy atom. The molecule has 110 valence electrons. The smallest absolute Gasteiger partial charge is 0.103 e. The van der Waals surface area contributed by atoms with Gasteiger partial charge >= 0.3 is 0 Å². The molecule has 4 aliphatic rings. The Balaban J connectivity index is 0.000000210. The Morgan fingerprint density at radius 2 is 1.50 bits per heavy atom. The molecule has 0 aromatic carbocycles. The van der Waals surface area contributed by atoms with Gasteiger partial charge in [0, 0.05) is 25.0 Å². The van der Waals surface area contributed by atoms with Gasteiger partial charge < -0.3 is 4.90 Å². The first-order valence-corrected chi connectivity index (χ1v) is 6.87. The molecular weight excluding hydrogens is 491 g/mol. The summed E-state index contributed by atoms with van der Waals surface area (Å²) in [5.41, 5.74) is 1.36. The van der Waals surface area contributed by atoms with E-state index in [4.69, 9.17) is 0 Å². The minimum absolute atomic E-state index is 0. The number of nitrogens with zero attached hydrogens (tertiary/aromatic N) is 2. The first-order chi connectivity index (χ1) is 9.45. The van der Waals surface area contributed by atoms with Gasteiger partial charge in [-0.05, 0) is 70.3 Å². The van der Waals surface area contributed by atoms with E-state index >= 15 is 0 Å². The van der Waals surface area contributed by atoms with Crippen LogP contribution in [0, 0.1) is 63.3 Å². The first kappa shape index (κ1) is 14.6. The van der Waals surface area contributed by atoms with Crippen LogP contribution in [0.5, 0.6) is 0 Å². The van der Waals surface area contributed by atoms with Gasteiger partial charge in [-0.2, -0.15) is 0 Å². The van der Waals surface area contributed by atoms with Crippen molar-refractivity contribution >= 4 is 6.21 Å². The van der Waals surface area contributed by atoms with E-state index < -0.39 is 0 Å². The predicted molar refractivity (Wildman–Crippen MR) is 78.3 cm³/mol. The van der Waals surface area contributed by atoms with Crippen molar-refractivity contribution in [3.63, 3.8) is 0 Å². The van der Waals surface area contributed by atoms with Crippen molar-refractivity contribution in [3.05, 3.63) is 75.1 Å². The zero-order valence-electron chi connectivity index (χ0n) is 11.3. The van der Waals surface area contributed by atoms with E-state index in [1.807, 2.05) is 38.3 Å². The summed E-state index contributed by atoms with van der Waals surface area (Å²) in [7, 11) is 0. The van der Waals surface area contributed by atoms with Crippen molar-refractivity contribution in [1.29, 1.82) is 0 Å². The third-order valence-electron chi connectivity index (χ3n) is 3.52. The second-order valence-corrected chi connectivity index (χ2v) is 4.81. The number of dihydropyridines is 1. The van der Waals surface area contributed by atoms with Gasteiger partial charge in [0.25, 0.3) is 0 Å². The maximum absolute atomic E-state index is 4.35. The van der Waals surface area contributed by atoms with Gasteiger partial charge in [0.1, 0.15) is 6.04 Å². The number of fused-ring (bicyclic) bond motifs is 1. The minimum Gasteiger partial charge on any atom is -0.374 e. The maximum Gasteiger partial charge on any atom is 0.103 e. The average molecular weight is 509 g/mol. The fraction of sp³-hybridized carbons (Fsp3) is 0.235. The van der Waals surface area contributed by atoms with E-state index in [1.54, 1.807) is 0 Å². The normalized spacial score (nSPS) is 25.8. The van der Waals surface area contributed by atoms with E-state index in [9.17, 15) is 0 Å². The van der Waals surface area contributed by atoms with Gasteiger partial charge in [-0.15, -0.1) is 0 Å². The number of likely N-dealkylation sites (tertiary alicyclic amines) is 1. The molecule has 4 rings (SSSR count). The summed E-state index contributed by atoms with van der Waals surface area (Å²) in [6.07, 6.45) is 23.0. The van der Waals surface area contributed by atoms with E-state index in [2.05, 4.69) is 35.2 Å². The van der Waals surface area contributed by atoms with Crippen molar-refractivity contribution in [3.8, 4) is 0 Å². The Hall–Kier alpha value is -1.79. The molecular formula is C17H18N2No. The molecule has 2 aliphatic heterocycles. The van der Waals surface area contributed by atoms with E-state index in [0.717, 1.165) is 6.04 Å². The molecule has 3 heteroatoms. The molecule has 0 aromatic heterocycles. The molecule has 0 N–H and O–H groups in total.